The summed E-state index contributed by atoms with van der Waals surface area (Å²) in [5.41, 5.74) is 1.24. The van der Waals surface area contributed by atoms with Gasteiger partial charge in [0, 0.05) is 40.9 Å². The van der Waals surface area contributed by atoms with Crippen molar-refractivity contribution in [2.45, 2.75) is 32.7 Å². The molecule has 1 N–H and O–H groups in total. The summed E-state index contributed by atoms with van der Waals surface area (Å²) in [4.78, 5) is 30.6. The van der Waals surface area contributed by atoms with Crippen LogP contribution in [0.5, 0.6) is 0 Å². The zero-order chi connectivity index (χ0) is 18.7. The van der Waals surface area contributed by atoms with Crippen molar-refractivity contribution in [3.8, 4) is 0 Å². The number of amides is 1. The van der Waals surface area contributed by atoms with Crippen LogP contribution in [0.2, 0.25) is 0 Å². The van der Waals surface area contributed by atoms with E-state index in [2.05, 4.69) is 31.1 Å². The fourth-order valence-corrected chi connectivity index (χ4v) is 4.03. The van der Waals surface area contributed by atoms with Gasteiger partial charge in [0.1, 0.15) is 0 Å². The largest absolute Gasteiger partial charge is 0.461 e. The molecule has 140 valence electrons. The number of piperidine rings is 1. The number of thiazole rings is 1. The van der Waals surface area contributed by atoms with Crippen molar-refractivity contribution in [2.75, 3.05) is 24.6 Å². The van der Waals surface area contributed by atoms with Crippen molar-refractivity contribution in [3.05, 3.63) is 33.5 Å². The predicted molar refractivity (Wildman–Crippen MR) is 104 cm³/mol. The van der Waals surface area contributed by atoms with Gasteiger partial charge in [0.15, 0.2) is 10.8 Å². The lowest BCUT2D eigenvalue weighted by Gasteiger charge is -2.32. The molecule has 26 heavy (non-hydrogen) atoms. The second-order valence-corrected chi connectivity index (χ2v) is 7.76. The van der Waals surface area contributed by atoms with E-state index in [1.807, 2.05) is 13.0 Å². The molecular formula is C17H21BrN4O3S. The lowest BCUT2D eigenvalue weighted by Crippen LogP contribution is -2.46. The van der Waals surface area contributed by atoms with Crippen LogP contribution in [-0.4, -0.2) is 47.3 Å². The summed E-state index contributed by atoms with van der Waals surface area (Å²) in [5, 5.41) is 5.64. The third kappa shape index (κ3) is 4.09. The van der Waals surface area contributed by atoms with Crippen LogP contribution in [0, 0.1) is 6.92 Å². The van der Waals surface area contributed by atoms with Crippen LogP contribution in [0.1, 0.15) is 35.9 Å². The van der Waals surface area contributed by atoms with Crippen molar-refractivity contribution in [3.63, 3.8) is 0 Å². The number of hydrogen-bond acceptors (Lipinski definition) is 6. The molecule has 3 rings (SSSR count). The van der Waals surface area contributed by atoms with Gasteiger partial charge in [-0.3, -0.25) is 4.57 Å². The van der Waals surface area contributed by atoms with Gasteiger partial charge >= 0.3 is 12.0 Å². The summed E-state index contributed by atoms with van der Waals surface area (Å²) >= 11 is 4.86. The van der Waals surface area contributed by atoms with Gasteiger partial charge in [0.2, 0.25) is 0 Å². The normalized spacial score (nSPS) is 15.1. The number of rotatable bonds is 4. The molecule has 0 aromatic carbocycles. The number of esters is 1. The summed E-state index contributed by atoms with van der Waals surface area (Å²) < 4.78 is 7.51. The highest BCUT2D eigenvalue weighted by molar-refractivity contribution is 9.10. The molecule has 9 heteroatoms. The molecule has 2 aromatic heterocycles. The Morgan fingerprint density at radius 3 is 2.77 bits per heavy atom. The molecule has 1 fully saturated rings. The van der Waals surface area contributed by atoms with E-state index in [1.165, 1.54) is 11.3 Å². The van der Waals surface area contributed by atoms with Crippen molar-refractivity contribution in [1.82, 2.24) is 14.9 Å². The lowest BCUT2D eigenvalue weighted by molar-refractivity contribution is 0.0520. The van der Waals surface area contributed by atoms with Gasteiger partial charge in [-0.25, -0.2) is 14.6 Å². The molecule has 0 spiro atoms. The highest BCUT2D eigenvalue weighted by Crippen LogP contribution is 2.25. The molecule has 2 aromatic rings. The molecule has 1 aliphatic rings. The molecule has 0 aliphatic carbocycles. The number of aromatic nitrogens is 2. The molecule has 3 heterocycles. The topological polar surface area (TPSA) is 76.5 Å². The van der Waals surface area contributed by atoms with E-state index < -0.39 is 0 Å². The molecule has 0 radical (unpaired) electrons. The standard InChI is InChI=1S/C17H21BrN4O3S/c1-3-25-15(23)14-10-26-17(20-14)21-7-4-12(5-8-21)19-16(24)22-9-6-13(18)11(22)2/h6,9-10,12H,3-5,7-8H2,1-2H3,(H,19,24). The molecule has 1 amide bonds. The summed E-state index contributed by atoms with van der Waals surface area (Å²) in [6.45, 7) is 5.59. The second kappa shape index (κ2) is 8.22. The Bertz CT molecular complexity index is 796. The first-order valence-corrected chi connectivity index (χ1v) is 10.2. The number of carbonyl (C=O) groups is 2. The molecule has 0 atom stereocenters. The zero-order valence-electron chi connectivity index (χ0n) is 14.7. The number of hydrogen-bond donors (Lipinski definition) is 1. The van der Waals surface area contributed by atoms with E-state index in [0.29, 0.717) is 12.3 Å². The van der Waals surface area contributed by atoms with Gasteiger partial charge in [-0.2, -0.15) is 0 Å². The van der Waals surface area contributed by atoms with Crippen LogP contribution in [0.15, 0.2) is 22.1 Å². The molecule has 1 aliphatic heterocycles. The molecule has 0 saturated carbocycles. The first-order valence-electron chi connectivity index (χ1n) is 8.51. The van der Waals surface area contributed by atoms with Crippen molar-refractivity contribution in [1.29, 1.82) is 0 Å². The molecule has 0 unspecified atom stereocenters. The van der Waals surface area contributed by atoms with Crippen LogP contribution in [0.3, 0.4) is 0 Å². The van der Waals surface area contributed by atoms with Gasteiger partial charge in [-0.05, 0) is 48.7 Å². The smallest absolute Gasteiger partial charge is 0.357 e. The van der Waals surface area contributed by atoms with Crippen LogP contribution in [-0.2, 0) is 4.74 Å². The van der Waals surface area contributed by atoms with E-state index in [1.54, 1.807) is 23.1 Å². The number of carbonyl (C=O) groups excluding carboxylic acids is 2. The summed E-state index contributed by atoms with van der Waals surface area (Å²) in [7, 11) is 0. The Morgan fingerprint density at radius 1 is 1.42 bits per heavy atom. The van der Waals surface area contributed by atoms with Gasteiger partial charge in [-0.15, -0.1) is 11.3 Å². The molecule has 7 nitrogen and oxygen atoms in total. The van der Waals surface area contributed by atoms with Crippen LogP contribution in [0.25, 0.3) is 0 Å². The highest BCUT2D eigenvalue weighted by Gasteiger charge is 2.24. The maximum absolute atomic E-state index is 12.4. The van der Waals surface area contributed by atoms with E-state index in [-0.39, 0.29) is 18.0 Å². The number of halogens is 1. The molecular weight excluding hydrogens is 420 g/mol. The maximum Gasteiger partial charge on any atom is 0.357 e. The summed E-state index contributed by atoms with van der Waals surface area (Å²) in [6, 6.07) is 1.88. The number of nitrogens with zero attached hydrogens (tertiary/aromatic N) is 3. The van der Waals surface area contributed by atoms with E-state index in [0.717, 1.165) is 41.2 Å². The number of nitrogens with one attached hydrogen (secondary N) is 1. The van der Waals surface area contributed by atoms with Gasteiger partial charge in [-0.1, -0.05) is 0 Å². The van der Waals surface area contributed by atoms with Crippen molar-refractivity contribution < 1.29 is 14.3 Å². The quantitative estimate of drug-likeness (QED) is 0.736. The zero-order valence-corrected chi connectivity index (χ0v) is 17.1. The van der Waals surface area contributed by atoms with Crippen molar-refractivity contribution >= 4 is 44.4 Å². The highest BCUT2D eigenvalue weighted by atomic mass is 79.9. The Balaban J connectivity index is 1.54. The minimum atomic E-state index is -0.384. The summed E-state index contributed by atoms with van der Waals surface area (Å²) in [5.74, 6) is -0.384. The Morgan fingerprint density at radius 2 is 2.15 bits per heavy atom. The lowest BCUT2D eigenvalue weighted by atomic mass is 10.1. The van der Waals surface area contributed by atoms with Crippen LogP contribution >= 0.6 is 27.3 Å². The van der Waals surface area contributed by atoms with E-state index >= 15 is 0 Å². The van der Waals surface area contributed by atoms with E-state index in [9.17, 15) is 9.59 Å². The minimum Gasteiger partial charge on any atom is -0.461 e. The monoisotopic (exact) mass is 440 g/mol. The van der Waals surface area contributed by atoms with Crippen LogP contribution < -0.4 is 10.2 Å². The van der Waals surface area contributed by atoms with Gasteiger partial charge in [0.05, 0.1) is 6.61 Å². The predicted octanol–water partition coefficient (Wildman–Crippen LogP) is 3.42. The van der Waals surface area contributed by atoms with E-state index in [4.69, 9.17) is 4.74 Å². The summed E-state index contributed by atoms with van der Waals surface area (Å²) in [6.07, 6.45) is 3.43. The third-order valence-electron chi connectivity index (χ3n) is 4.37. The molecule has 0 bridgehead atoms. The Kier molecular flexibility index (Phi) is 5.98. The SMILES string of the molecule is CCOC(=O)c1csc(N2CCC(NC(=O)n3ccc(Br)c3C)CC2)n1. The van der Waals surface area contributed by atoms with Gasteiger partial charge in [0.25, 0.3) is 0 Å². The van der Waals surface area contributed by atoms with Crippen molar-refractivity contribution in [2.24, 2.45) is 0 Å². The fraction of sp³-hybridized carbons (Fsp3) is 0.471. The second-order valence-electron chi connectivity index (χ2n) is 6.07. The average molecular weight is 441 g/mol. The first-order chi connectivity index (χ1) is 12.5. The number of anilines is 1. The Hall–Kier alpha value is -1.87. The van der Waals surface area contributed by atoms with Gasteiger partial charge < -0.3 is 15.0 Å². The third-order valence-corrected chi connectivity index (χ3v) is 6.10. The first kappa shape index (κ1) is 18.9. The average Bonchev–Trinajstić information content (AvgIpc) is 3.24. The number of ether oxygens (including phenoxy) is 1. The fourth-order valence-electron chi connectivity index (χ4n) is 2.88. The molecule has 1 saturated heterocycles. The maximum atomic E-state index is 12.4. The Labute approximate surface area is 164 Å². The minimum absolute atomic E-state index is 0.106. The van der Waals surface area contributed by atoms with Crippen LogP contribution in [0.4, 0.5) is 9.93 Å².